The van der Waals surface area contributed by atoms with E-state index >= 15 is 0 Å². The summed E-state index contributed by atoms with van der Waals surface area (Å²) in [6.07, 6.45) is 12.7. The Morgan fingerprint density at radius 2 is 0.714 bits per heavy atom. The summed E-state index contributed by atoms with van der Waals surface area (Å²) < 4.78 is 0. The van der Waals surface area contributed by atoms with Crippen molar-refractivity contribution in [2.75, 3.05) is 0 Å². The van der Waals surface area contributed by atoms with E-state index in [1.54, 1.807) is 0 Å². The van der Waals surface area contributed by atoms with Gasteiger partial charge in [0.05, 0.1) is 0 Å². The lowest BCUT2D eigenvalue weighted by Crippen LogP contribution is -2.16. The molecule has 0 heteroatoms. The van der Waals surface area contributed by atoms with Gasteiger partial charge >= 0.3 is 0 Å². The molecule has 0 aromatic rings. The molecule has 1 unspecified atom stereocenters. The molecule has 0 nitrogen and oxygen atoms in total. The van der Waals surface area contributed by atoms with Crippen molar-refractivity contribution in [2.45, 2.75) is 106 Å². The fraction of sp³-hybridized carbons (Fsp3) is 1.00. The van der Waals surface area contributed by atoms with Crippen LogP contribution in [0.4, 0.5) is 0 Å². The maximum atomic E-state index is 2.43. The van der Waals surface area contributed by atoms with E-state index in [-0.39, 0.29) is 0 Å². The first-order chi connectivity index (χ1) is 10.00. The van der Waals surface area contributed by atoms with Gasteiger partial charge in [-0.2, -0.15) is 0 Å². The summed E-state index contributed by atoms with van der Waals surface area (Å²) >= 11 is 0. The second-order valence-corrected chi connectivity index (χ2v) is 7.79. The molecule has 0 radical (unpaired) electrons. The molecule has 21 heavy (non-hydrogen) atoms. The molecule has 128 valence electrons. The van der Waals surface area contributed by atoms with Gasteiger partial charge in [-0.15, -0.1) is 0 Å². The fourth-order valence-electron chi connectivity index (χ4n) is 3.70. The molecule has 5 atom stereocenters. The van der Waals surface area contributed by atoms with Crippen LogP contribution < -0.4 is 0 Å². The molecule has 0 saturated heterocycles. The zero-order valence-electron chi connectivity index (χ0n) is 16.3. The zero-order valence-corrected chi connectivity index (χ0v) is 16.3. The van der Waals surface area contributed by atoms with E-state index in [4.69, 9.17) is 0 Å². The average molecular weight is 297 g/mol. The first-order valence-electron chi connectivity index (χ1n) is 10.00. The predicted octanol–water partition coefficient (Wildman–Crippen LogP) is 7.72. The third-order valence-electron chi connectivity index (χ3n) is 5.93. The van der Waals surface area contributed by atoms with Crippen molar-refractivity contribution in [3.8, 4) is 0 Å². The number of hydrogen-bond acceptors (Lipinski definition) is 0. The minimum absolute atomic E-state index is 0.912. The van der Waals surface area contributed by atoms with E-state index in [1.165, 1.54) is 57.8 Å². The Morgan fingerprint density at radius 3 is 0.952 bits per heavy atom. The lowest BCUT2D eigenvalue weighted by atomic mass is 9.78. The predicted molar refractivity (Wildman–Crippen MR) is 98.7 cm³/mol. The monoisotopic (exact) mass is 296 g/mol. The first kappa shape index (κ1) is 21.0. The average Bonchev–Trinajstić information content (AvgIpc) is 2.51. The second kappa shape index (κ2) is 12.5. The fourth-order valence-corrected chi connectivity index (χ4v) is 3.70. The van der Waals surface area contributed by atoms with Gasteiger partial charge in [-0.3, -0.25) is 0 Å². The Morgan fingerprint density at radius 1 is 0.429 bits per heavy atom. The molecule has 0 heterocycles. The van der Waals surface area contributed by atoms with E-state index in [1.807, 2.05) is 0 Å². The number of rotatable bonds is 13. The Labute approximate surface area is 136 Å². The van der Waals surface area contributed by atoms with Crippen LogP contribution in [0.25, 0.3) is 0 Å². The zero-order chi connectivity index (χ0) is 16.3. The molecule has 0 aromatic heterocycles. The van der Waals surface area contributed by atoms with Crippen LogP contribution in [0.15, 0.2) is 0 Å². The largest absolute Gasteiger partial charge is 0.0651 e. The summed E-state index contributed by atoms with van der Waals surface area (Å²) in [5, 5.41) is 0. The summed E-state index contributed by atoms with van der Waals surface area (Å²) in [6.45, 7) is 16.8. The van der Waals surface area contributed by atoms with E-state index in [2.05, 4.69) is 48.5 Å². The van der Waals surface area contributed by atoms with Crippen molar-refractivity contribution < 1.29 is 0 Å². The molecule has 0 fully saturated rings. The van der Waals surface area contributed by atoms with Crippen LogP contribution >= 0.6 is 0 Å². The van der Waals surface area contributed by atoms with Gasteiger partial charge in [0.1, 0.15) is 0 Å². The van der Waals surface area contributed by atoms with Crippen LogP contribution in [0.3, 0.4) is 0 Å². The summed E-state index contributed by atoms with van der Waals surface area (Å²) in [5.41, 5.74) is 0. The normalized spacial score (nSPS) is 19.0. The maximum absolute atomic E-state index is 2.43. The van der Waals surface area contributed by atoms with Crippen molar-refractivity contribution in [2.24, 2.45) is 29.6 Å². The van der Waals surface area contributed by atoms with Crippen LogP contribution in [0.2, 0.25) is 0 Å². The molecule has 0 aliphatic heterocycles. The van der Waals surface area contributed by atoms with Crippen LogP contribution in [-0.4, -0.2) is 0 Å². The van der Waals surface area contributed by atoms with Gasteiger partial charge in [0.25, 0.3) is 0 Å². The van der Waals surface area contributed by atoms with Crippen molar-refractivity contribution in [1.29, 1.82) is 0 Å². The number of hydrogen-bond donors (Lipinski definition) is 0. The lowest BCUT2D eigenvalue weighted by molar-refractivity contribution is 0.239. The molecule has 0 rings (SSSR count). The Hall–Kier alpha value is 0. The van der Waals surface area contributed by atoms with Gasteiger partial charge in [-0.05, 0) is 55.3 Å². The molecule has 0 aromatic carbocycles. The third kappa shape index (κ3) is 9.59. The highest BCUT2D eigenvalue weighted by molar-refractivity contribution is 4.72. The van der Waals surface area contributed by atoms with Crippen LogP contribution in [-0.2, 0) is 0 Å². The Bertz CT molecular complexity index is 198. The van der Waals surface area contributed by atoms with Crippen LogP contribution in [0, 0.1) is 29.6 Å². The van der Waals surface area contributed by atoms with Crippen molar-refractivity contribution in [1.82, 2.24) is 0 Å². The minimum Gasteiger partial charge on any atom is -0.0651 e. The molecular formula is C21H44. The third-order valence-corrected chi connectivity index (χ3v) is 5.93. The Kier molecular flexibility index (Phi) is 12.5. The van der Waals surface area contributed by atoms with E-state index in [0.717, 1.165) is 29.6 Å². The summed E-state index contributed by atoms with van der Waals surface area (Å²) in [7, 11) is 0. The SMILES string of the molecule is CCC(C[C@@H](CC)C[C@@H](C)CC)C[C@H](CC)C[C@H](C)CC. The van der Waals surface area contributed by atoms with Gasteiger partial charge in [0, 0.05) is 0 Å². The van der Waals surface area contributed by atoms with Gasteiger partial charge < -0.3 is 0 Å². The molecule has 0 bridgehead atoms. The topological polar surface area (TPSA) is 0 Å². The summed E-state index contributed by atoms with van der Waals surface area (Å²) in [5.74, 6) is 4.72. The highest BCUT2D eigenvalue weighted by atomic mass is 14.3. The van der Waals surface area contributed by atoms with Gasteiger partial charge in [-0.25, -0.2) is 0 Å². The van der Waals surface area contributed by atoms with Gasteiger partial charge in [-0.1, -0.05) is 80.6 Å². The quantitative estimate of drug-likeness (QED) is 0.326. The second-order valence-electron chi connectivity index (χ2n) is 7.79. The Balaban J connectivity index is 4.39. The molecule has 0 N–H and O–H groups in total. The van der Waals surface area contributed by atoms with E-state index in [0.29, 0.717) is 0 Å². The standard InChI is InChI=1S/C21H44/c1-8-17(6)13-19(10-3)15-21(12-5)16-20(11-4)14-18(7)9-2/h17-21H,8-16H2,1-7H3/t17-,18+,19-,20+,21?. The molecule has 0 saturated carbocycles. The maximum Gasteiger partial charge on any atom is -0.0412 e. The van der Waals surface area contributed by atoms with Gasteiger partial charge in [0.2, 0.25) is 0 Å². The van der Waals surface area contributed by atoms with Crippen molar-refractivity contribution in [3.63, 3.8) is 0 Å². The van der Waals surface area contributed by atoms with E-state index < -0.39 is 0 Å². The summed E-state index contributed by atoms with van der Waals surface area (Å²) in [6, 6.07) is 0. The minimum atomic E-state index is 0.912. The van der Waals surface area contributed by atoms with Crippen molar-refractivity contribution >= 4 is 0 Å². The summed E-state index contributed by atoms with van der Waals surface area (Å²) in [4.78, 5) is 0. The van der Waals surface area contributed by atoms with Gasteiger partial charge in [0.15, 0.2) is 0 Å². The molecular weight excluding hydrogens is 252 g/mol. The van der Waals surface area contributed by atoms with Crippen LogP contribution in [0.5, 0.6) is 0 Å². The van der Waals surface area contributed by atoms with E-state index in [9.17, 15) is 0 Å². The van der Waals surface area contributed by atoms with Crippen LogP contribution in [0.1, 0.15) is 106 Å². The molecule has 0 amide bonds. The first-order valence-corrected chi connectivity index (χ1v) is 10.00. The molecule has 0 spiro atoms. The smallest absolute Gasteiger partial charge is 0.0412 e. The molecule has 0 aliphatic rings. The molecule has 0 aliphatic carbocycles. The highest BCUT2D eigenvalue weighted by Gasteiger charge is 2.20. The van der Waals surface area contributed by atoms with Crippen molar-refractivity contribution in [3.05, 3.63) is 0 Å². The lowest BCUT2D eigenvalue weighted by Gasteiger charge is -2.28. The highest BCUT2D eigenvalue weighted by Crippen LogP contribution is 2.32.